The van der Waals surface area contributed by atoms with Gasteiger partial charge >= 0.3 is 5.91 Å². The minimum absolute atomic E-state index is 0.178. The van der Waals surface area contributed by atoms with Crippen LogP contribution in [0.2, 0.25) is 0 Å². The molecule has 0 aromatic rings. The zero-order chi connectivity index (χ0) is 8.43. The van der Waals surface area contributed by atoms with Crippen LogP contribution in [0.5, 0.6) is 0 Å². The molecule has 0 saturated carbocycles. The summed E-state index contributed by atoms with van der Waals surface area (Å²) in [6.07, 6.45) is 0. The lowest BCUT2D eigenvalue weighted by Gasteiger charge is -2.01. The number of hydrogen-bond donors (Lipinski definition) is 1. The first-order valence-electron chi connectivity index (χ1n) is 2.56. The molecule has 60 valence electrons. The Bertz CT molecular complexity index is 334. The lowest BCUT2D eigenvalue weighted by atomic mass is 10.6. The van der Waals surface area contributed by atoms with Gasteiger partial charge in [0.2, 0.25) is 10.3 Å². The van der Waals surface area contributed by atoms with E-state index in [0.29, 0.717) is 0 Å². The highest BCUT2D eigenvalue weighted by Crippen LogP contribution is 2.01. The predicted octanol–water partition coefficient (Wildman–Crippen LogP) is -1.88. The highest BCUT2D eigenvalue weighted by atomic mass is 32.2. The molecule has 0 unspecified atom stereocenters. The molecule has 1 amide bonds. The molecule has 0 saturated heterocycles. The second-order valence-electron chi connectivity index (χ2n) is 1.62. The Kier molecular flexibility index (Phi) is 1.96. The second-order valence-corrected chi connectivity index (χ2v) is 2.47. The van der Waals surface area contributed by atoms with Crippen molar-refractivity contribution in [1.82, 2.24) is 5.01 Å². The zero-order valence-electron chi connectivity index (χ0n) is 5.26. The normalized spacial score (nSPS) is 16.3. The van der Waals surface area contributed by atoms with E-state index < -0.39 is 21.2 Å². The van der Waals surface area contributed by atoms with E-state index in [1.807, 2.05) is 0 Å². The van der Waals surface area contributed by atoms with Crippen molar-refractivity contribution in [2.24, 2.45) is 16.1 Å². The summed E-state index contributed by atoms with van der Waals surface area (Å²) in [4.78, 5) is 10.2. The molecule has 7 nitrogen and oxygen atoms in total. The molecule has 1 rings (SSSR count). The van der Waals surface area contributed by atoms with Gasteiger partial charge in [-0.15, -0.1) is 5.11 Å². The van der Waals surface area contributed by atoms with Crippen LogP contribution >= 0.6 is 0 Å². The lowest BCUT2D eigenvalue weighted by Crippen LogP contribution is -2.31. The van der Waals surface area contributed by atoms with E-state index in [2.05, 4.69) is 10.3 Å². The minimum atomic E-state index is -2.63. The summed E-state index contributed by atoms with van der Waals surface area (Å²) in [7, 11) is -2.63. The monoisotopic (exact) mass is 176 g/mol. The van der Waals surface area contributed by atoms with Crippen molar-refractivity contribution >= 4 is 21.2 Å². The number of hydrogen-bond acceptors (Lipinski definition) is 5. The van der Waals surface area contributed by atoms with Crippen molar-refractivity contribution in [3.63, 3.8) is 0 Å². The topological polar surface area (TPSA) is 105 Å². The number of carbonyl (C=O) groups excluding carboxylic acids is 1. The maximum Gasteiger partial charge on any atom is 0.313 e. The molecule has 2 N–H and O–H groups in total. The summed E-state index contributed by atoms with van der Waals surface area (Å²) >= 11 is 0. The van der Waals surface area contributed by atoms with Crippen molar-refractivity contribution in [3.05, 3.63) is 0 Å². The van der Waals surface area contributed by atoms with Crippen LogP contribution in [0.15, 0.2) is 10.3 Å². The van der Waals surface area contributed by atoms with Gasteiger partial charge in [-0.3, -0.25) is 4.79 Å². The van der Waals surface area contributed by atoms with E-state index >= 15 is 0 Å². The van der Waals surface area contributed by atoms with Crippen LogP contribution in [-0.4, -0.2) is 31.0 Å². The highest BCUT2D eigenvalue weighted by molar-refractivity contribution is 7.74. The van der Waals surface area contributed by atoms with Crippen molar-refractivity contribution in [2.75, 3.05) is 6.67 Å². The van der Waals surface area contributed by atoms with Crippen LogP contribution in [0.1, 0.15) is 0 Å². The molecule has 0 aliphatic carbocycles. The number of carbonyl (C=O) groups is 1. The van der Waals surface area contributed by atoms with E-state index in [1.54, 1.807) is 0 Å². The summed E-state index contributed by atoms with van der Waals surface area (Å²) in [5.41, 5.74) is 5.02. The van der Waals surface area contributed by atoms with Crippen molar-refractivity contribution in [1.29, 1.82) is 0 Å². The smallest absolute Gasteiger partial charge is 0.312 e. The quantitative estimate of drug-likeness (QED) is 0.472. The molecule has 0 aromatic heterocycles. The highest BCUT2D eigenvalue weighted by Gasteiger charge is 2.26. The van der Waals surface area contributed by atoms with E-state index in [4.69, 9.17) is 5.73 Å². The Morgan fingerprint density at radius 3 is 2.45 bits per heavy atom. The first-order valence-corrected chi connectivity index (χ1v) is 3.64. The number of rotatable bonds is 1. The molecule has 0 spiro atoms. The Morgan fingerprint density at radius 2 is 2.18 bits per heavy atom. The third-order valence-electron chi connectivity index (χ3n) is 0.992. The first kappa shape index (κ1) is 7.82. The minimum Gasteiger partial charge on any atom is -0.312 e. The van der Waals surface area contributed by atoms with Crippen LogP contribution in [0.25, 0.3) is 0 Å². The Balaban J connectivity index is 3.08. The molecular formula is C3H4N4O3S. The first-order chi connectivity index (χ1) is 5.16. The molecule has 0 bridgehead atoms. The van der Waals surface area contributed by atoms with E-state index in [0.717, 1.165) is 5.01 Å². The van der Waals surface area contributed by atoms with Crippen LogP contribution in [0.4, 0.5) is 0 Å². The SMILES string of the molecule is NCN1N=NC(=S(=O)=O)C1=O. The molecule has 11 heavy (non-hydrogen) atoms. The van der Waals surface area contributed by atoms with Gasteiger partial charge in [0.15, 0.2) is 0 Å². The van der Waals surface area contributed by atoms with Crippen LogP contribution in [0.3, 0.4) is 0 Å². The third-order valence-corrected chi connectivity index (χ3v) is 1.56. The average molecular weight is 176 g/mol. The van der Waals surface area contributed by atoms with Gasteiger partial charge in [-0.25, -0.2) is 0 Å². The van der Waals surface area contributed by atoms with E-state index in [1.165, 1.54) is 0 Å². The van der Waals surface area contributed by atoms with Crippen molar-refractivity contribution in [3.8, 4) is 0 Å². The van der Waals surface area contributed by atoms with Gasteiger partial charge in [0, 0.05) is 0 Å². The third kappa shape index (κ3) is 1.25. The van der Waals surface area contributed by atoms with Crippen LogP contribution in [-0.2, 0) is 15.1 Å². The summed E-state index contributed by atoms with van der Waals surface area (Å²) < 4.78 is 20.4. The summed E-state index contributed by atoms with van der Waals surface area (Å²) in [5, 5.41) is 7.04. The van der Waals surface area contributed by atoms with Gasteiger partial charge in [0.05, 0.1) is 6.67 Å². The summed E-state index contributed by atoms with van der Waals surface area (Å²) in [5.74, 6) is -0.791. The fraction of sp³-hybridized carbons (Fsp3) is 0.333. The summed E-state index contributed by atoms with van der Waals surface area (Å²) in [6.45, 7) is -0.178. The second kappa shape index (κ2) is 2.76. The van der Waals surface area contributed by atoms with Gasteiger partial charge in [-0.2, -0.15) is 13.4 Å². The fourth-order valence-corrected chi connectivity index (χ4v) is 0.864. The molecule has 0 radical (unpaired) electrons. The van der Waals surface area contributed by atoms with Gasteiger partial charge in [0.1, 0.15) is 0 Å². The lowest BCUT2D eigenvalue weighted by molar-refractivity contribution is -0.123. The molecule has 1 aliphatic rings. The number of nitrogens with zero attached hydrogens (tertiary/aromatic N) is 3. The maximum absolute atomic E-state index is 10.8. The van der Waals surface area contributed by atoms with Gasteiger partial charge < -0.3 is 5.73 Å². The molecule has 1 aliphatic heterocycles. The van der Waals surface area contributed by atoms with Crippen LogP contribution in [0, 0.1) is 0 Å². The van der Waals surface area contributed by atoms with Crippen molar-refractivity contribution in [2.45, 2.75) is 0 Å². The zero-order valence-corrected chi connectivity index (χ0v) is 6.08. The van der Waals surface area contributed by atoms with E-state index in [9.17, 15) is 13.2 Å². The molecule has 1 heterocycles. The molecule has 0 aromatic carbocycles. The van der Waals surface area contributed by atoms with Crippen LogP contribution < -0.4 is 5.73 Å². The fourth-order valence-electron chi connectivity index (χ4n) is 0.512. The van der Waals surface area contributed by atoms with Crippen molar-refractivity contribution < 1.29 is 13.2 Å². The summed E-state index contributed by atoms with van der Waals surface area (Å²) in [6, 6.07) is 0. The van der Waals surface area contributed by atoms with Gasteiger partial charge in [-0.1, -0.05) is 5.22 Å². The Morgan fingerprint density at radius 1 is 1.55 bits per heavy atom. The molecule has 8 heteroatoms. The maximum atomic E-state index is 10.8. The predicted molar refractivity (Wildman–Crippen MR) is 34.7 cm³/mol. The Hall–Kier alpha value is -1.28. The standard InChI is InChI=1S/C3H4N4O3S/c4-1-7-3(8)2(5-6-7)11(9)10/h1,4H2. The molecular weight excluding hydrogens is 172 g/mol. The average Bonchev–Trinajstić information content (AvgIpc) is 2.30. The number of amides is 1. The molecule has 0 atom stereocenters. The number of nitrogens with two attached hydrogens (primary N) is 1. The Labute approximate surface area is 63.0 Å². The largest absolute Gasteiger partial charge is 0.313 e. The molecule has 0 fully saturated rings. The van der Waals surface area contributed by atoms with Gasteiger partial charge in [0.25, 0.3) is 4.99 Å². The van der Waals surface area contributed by atoms with Gasteiger partial charge in [-0.05, 0) is 0 Å². The van der Waals surface area contributed by atoms with E-state index in [-0.39, 0.29) is 6.67 Å².